The standard InChI is InChI=1S/C9H16N4/c1-2-4-12-9(6-10)8-3-5-11-7-13-8/h3,5,7,9,12H,2,4,6,10H2,1H3. The summed E-state index contributed by atoms with van der Waals surface area (Å²) in [7, 11) is 0. The number of hydrogen-bond donors (Lipinski definition) is 2. The lowest BCUT2D eigenvalue weighted by Crippen LogP contribution is -2.29. The van der Waals surface area contributed by atoms with E-state index in [-0.39, 0.29) is 6.04 Å². The van der Waals surface area contributed by atoms with Gasteiger partial charge in [0.05, 0.1) is 11.7 Å². The smallest absolute Gasteiger partial charge is 0.115 e. The second-order valence-corrected chi connectivity index (χ2v) is 2.88. The summed E-state index contributed by atoms with van der Waals surface area (Å²) in [5, 5.41) is 3.32. The van der Waals surface area contributed by atoms with Gasteiger partial charge in [0.15, 0.2) is 0 Å². The molecule has 72 valence electrons. The lowest BCUT2D eigenvalue weighted by Gasteiger charge is -2.14. The zero-order valence-electron chi connectivity index (χ0n) is 7.90. The maximum atomic E-state index is 5.62. The van der Waals surface area contributed by atoms with Crippen molar-refractivity contribution in [3.63, 3.8) is 0 Å². The molecule has 0 aromatic carbocycles. The van der Waals surface area contributed by atoms with Crippen molar-refractivity contribution in [1.82, 2.24) is 15.3 Å². The molecule has 1 aromatic heterocycles. The van der Waals surface area contributed by atoms with Crippen LogP contribution in [-0.4, -0.2) is 23.1 Å². The van der Waals surface area contributed by atoms with Gasteiger partial charge in [-0.05, 0) is 19.0 Å². The van der Waals surface area contributed by atoms with E-state index in [1.54, 1.807) is 12.5 Å². The molecule has 13 heavy (non-hydrogen) atoms. The van der Waals surface area contributed by atoms with Gasteiger partial charge in [0.25, 0.3) is 0 Å². The van der Waals surface area contributed by atoms with E-state index in [0.29, 0.717) is 6.54 Å². The second-order valence-electron chi connectivity index (χ2n) is 2.88. The summed E-state index contributed by atoms with van der Waals surface area (Å²) in [6.45, 7) is 3.66. The monoisotopic (exact) mass is 180 g/mol. The highest BCUT2D eigenvalue weighted by Crippen LogP contribution is 2.05. The van der Waals surface area contributed by atoms with Crippen molar-refractivity contribution in [2.24, 2.45) is 5.73 Å². The molecule has 0 saturated carbocycles. The van der Waals surface area contributed by atoms with Gasteiger partial charge in [0, 0.05) is 12.7 Å². The van der Waals surface area contributed by atoms with E-state index in [9.17, 15) is 0 Å². The number of nitrogens with zero attached hydrogens (tertiary/aromatic N) is 2. The number of aromatic nitrogens is 2. The Balaban J connectivity index is 2.56. The fourth-order valence-electron chi connectivity index (χ4n) is 1.13. The molecule has 0 aliphatic carbocycles. The Kier molecular flexibility index (Phi) is 4.35. The number of hydrogen-bond acceptors (Lipinski definition) is 4. The molecule has 0 spiro atoms. The topological polar surface area (TPSA) is 63.8 Å². The summed E-state index contributed by atoms with van der Waals surface area (Å²) in [5.41, 5.74) is 6.59. The van der Waals surface area contributed by atoms with Crippen molar-refractivity contribution in [3.05, 3.63) is 24.3 Å². The molecule has 1 aromatic rings. The minimum atomic E-state index is 0.156. The minimum Gasteiger partial charge on any atom is -0.329 e. The van der Waals surface area contributed by atoms with Crippen molar-refractivity contribution in [3.8, 4) is 0 Å². The van der Waals surface area contributed by atoms with Gasteiger partial charge in [-0.1, -0.05) is 6.92 Å². The highest BCUT2D eigenvalue weighted by molar-refractivity contribution is 5.04. The van der Waals surface area contributed by atoms with Crippen LogP contribution >= 0.6 is 0 Å². The third kappa shape index (κ3) is 3.08. The molecule has 1 rings (SSSR count). The van der Waals surface area contributed by atoms with E-state index in [1.807, 2.05) is 6.07 Å². The number of nitrogens with two attached hydrogens (primary N) is 1. The molecular weight excluding hydrogens is 164 g/mol. The Labute approximate surface area is 78.6 Å². The van der Waals surface area contributed by atoms with Gasteiger partial charge >= 0.3 is 0 Å². The van der Waals surface area contributed by atoms with E-state index < -0.39 is 0 Å². The van der Waals surface area contributed by atoms with Crippen molar-refractivity contribution in [2.45, 2.75) is 19.4 Å². The van der Waals surface area contributed by atoms with Crippen LogP contribution in [0.4, 0.5) is 0 Å². The largest absolute Gasteiger partial charge is 0.329 e. The molecule has 0 fully saturated rings. The Morgan fingerprint density at radius 1 is 1.62 bits per heavy atom. The third-order valence-corrected chi connectivity index (χ3v) is 1.84. The highest BCUT2D eigenvalue weighted by Gasteiger charge is 2.08. The maximum Gasteiger partial charge on any atom is 0.115 e. The van der Waals surface area contributed by atoms with E-state index in [0.717, 1.165) is 18.7 Å². The summed E-state index contributed by atoms with van der Waals surface area (Å²) in [4.78, 5) is 8.01. The first-order valence-corrected chi connectivity index (χ1v) is 4.57. The van der Waals surface area contributed by atoms with Gasteiger partial charge in [0.2, 0.25) is 0 Å². The average Bonchev–Trinajstić information content (AvgIpc) is 2.21. The van der Waals surface area contributed by atoms with Gasteiger partial charge in [-0.15, -0.1) is 0 Å². The molecule has 3 N–H and O–H groups in total. The molecule has 0 amide bonds. The van der Waals surface area contributed by atoms with Crippen molar-refractivity contribution < 1.29 is 0 Å². The molecule has 4 heteroatoms. The van der Waals surface area contributed by atoms with Gasteiger partial charge in [-0.25, -0.2) is 9.97 Å². The van der Waals surface area contributed by atoms with Gasteiger partial charge in [-0.3, -0.25) is 0 Å². The first-order chi connectivity index (χ1) is 6.38. The van der Waals surface area contributed by atoms with Crippen LogP contribution in [0, 0.1) is 0 Å². The Morgan fingerprint density at radius 2 is 2.46 bits per heavy atom. The molecule has 0 saturated heterocycles. The van der Waals surface area contributed by atoms with Crippen molar-refractivity contribution >= 4 is 0 Å². The molecular formula is C9H16N4. The first-order valence-electron chi connectivity index (χ1n) is 4.57. The van der Waals surface area contributed by atoms with Crippen LogP contribution in [0.2, 0.25) is 0 Å². The summed E-state index contributed by atoms with van der Waals surface area (Å²) < 4.78 is 0. The molecule has 0 bridgehead atoms. The Morgan fingerprint density at radius 3 is 3.00 bits per heavy atom. The Bertz CT molecular complexity index is 224. The van der Waals surface area contributed by atoms with E-state index >= 15 is 0 Å². The minimum absolute atomic E-state index is 0.156. The summed E-state index contributed by atoms with van der Waals surface area (Å²) in [6, 6.07) is 2.04. The lowest BCUT2D eigenvalue weighted by atomic mass is 10.2. The van der Waals surface area contributed by atoms with Crippen LogP contribution in [0.1, 0.15) is 25.1 Å². The second kappa shape index (κ2) is 5.61. The fourth-order valence-corrected chi connectivity index (χ4v) is 1.13. The van der Waals surface area contributed by atoms with Gasteiger partial charge in [-0.2, -0.15) is 0 Å². The third-order valence-electron chi connectivity index (χ3n) is 1.84. The van der Waals surface area contributed by atoms with E-state index in [2.05, 4.69) is 22.2 Å². The molecule has 1 atom stereocenters. The average molecular weight is 180 g/mol. The van der Waals surface area contributed by atoms with Crippen LogP contribution in [0.5, 0.6) is 0 Å². The summed E-state index contributed by atoms with van der Waals surface area (Å²) in [6.07, 6.45) is 4.38. The number of nitrogens with one attached hydrogen (secondary N) is 1. The SMILES string of the molecule is CCCNC(CN)c1ccncn1. The van der Waals surface area contributed by atoms with Crippen molar-refractivity contribution in [1.29, 1.82) is 0 Å². The zero-order valence-corrected chi connectivity index (χ0v) is 7.90. The van der Waals surface area contributed by atoms with Crippen LogP contribution in [0.15, 0.2) is 18.6 Å². The van der Waals surface area contributed by atoms with E-state index in [1.165, 1.54) is 0 Å². The van der Waals surface area contributed by atoms with E-state index in [4.69, 9.17) is 5.73 Å². The molecule has 1 unspecified atom stereocenters. The highest BCUT2D eigenvalue weighted by atomic mass is 15.0. The fraction of sp³-hybridized carbons (Fsp3) is 0.556. The van der Waals surface area contributed by atoms with Crippen molar-refractivity contribution in [2.75, 3.05) is 13.1 Å². The molecule has 0 radical (unpaired) electrons. The quantitative estimate of drug-likeness (QED) is 0.691. The Hall–Kier alpha value is -1.00. The van der Waals surface area contributed by atoms with Gasteiger partial charge in [0.1, 0.15) is 6.33 Å². The molecule has 0 aliphatic heterocycles. The molecule has 4 nitrogen and oxygen atoms in total. The van der Waals surface area contributed by atoms with Crippen LogP contribution in [0.3, 0.4) is 0 Å². The number of rotatable bonds is 5. The summed E-state index contributed by atoms with van der Waals surface area (Å²) in [5.74, 6) is 0. The lowest BCUT2D eigenvalue weighted by molar-refractivity contribution is 0.527. The van der Waals surface area contributed by atoms with Crippen LogP contribution in [0.25, 0.3) is 0 Å². The van der Waals surface area contributed by atoms with Crippen LogP contribution < -0.4 is 11.1 Å². The molecule has 0 aliphatic rings. The normalized spacial score (nSPS) is 12.8. The molecule has 1 heterocycles. The zero-order chi connectivity index (χ0) is 9.52. The maximum absolute atomic E-state index is 5.62. The first kappa shape index (κ1) is 10.1. The summed E-state index contributed by atoms with van der Waals surface area (Å²) >= 11 is 0. The van der Waals surface area contributed by atoms with Gasteiger partial charge < -0.3 is 11.1 Å². The predicted molar refractivity (Wildman–Crippen MR) is 52.1 cm³/mol. The predicted octanol–water partition coefficient (Wildman–Crippen LogP) is 0.476. The van der Waals surface area contributed by atoms with Crippen LogP contribution in [-0.2, 0) is 0 Å².